The summed E-state index contributed by atoms with van der Waals surface area (Å²) < 4.78 is 35.4. The van der Waals surface area contributed by atoms with Gasteiger partial charge >= 0.3 is 5.97 Å². The highest BCUT2D eigenvalue weighted by Crippen LogP contribution is 2.28. The van der Waals surface area contributed by atoms with Crippen molar-refractivity contribution < 1.29 is 23.0 Å². The molecule has 0 N–H and O–H groups in total. The van der Waals surface area contributed by atoms with Crippen molar-refractivity contribution in [3.63, 3.8) is 0 Å². The molecule has 0 fully saturated rings. The number of ether oxygens (including phenoxy) is 2. The van der Waals surface area contributed by atoms with E-state index in [4.69, 9.17) is 9.47 Å². The van der Waals surface area contributed by atoms with Crippen LogP contribution in [-0.2, 0) is 16.0 Å². The Hall–Kier alpha value is -1.72. The van der Waals surface area contributed by atoms with E-state index in [2.05, 4.69) is 4.98 Å². The van der Waals surface area contributed by atoms with E-state index in [0.717, 1.165) is 0 Å². The number of rotatable bonds is 5. The first-order chi connectivity index (χ1) is 8.49. The molecule has 1 heterocycles. The molecule has 6 heteroatoms. The lowest BCUT2D eigenvalue weighted by Gasteiger charge is -2.12. The van der Waals surface area contributed by atoms with Crippen LogP contribution < -0.4 is 4.74 Å². The Labute approximate surface area is 104 Å². The van der Waals surface area contributed by atoms with Crippen LogP contribution in [0, 0.1) is 6.92 Å². The lowest BCUT2D eigenvalue weighted by Crippen LogP contribution is -2.12. The van der Waals surface area contributed by atoms with Crippen LogP contribution in [0.15, 0.2) is 6.07 Å². The Morgan fingerprint density at radius 3 is 2.67 bits per heavy atom. The number of esters is 1. The third-order valence-corrected chi connectivity index (χ3v) is 2.35. The molecule has 100 valence electrons. The van der Waals surface area contributed by atoms with Crippen molar-refractivity contribution in [2.24, 2.45) is 0 Å². The van der Waals surface area contributed by atoms with E-state index in [-0.39, 0.29) is 30.0 Å². The van der Waals surface area contributed by atoms with Crippen molar-refractivity contribution in [1.29, 1.82) is 0 Å². The quantitative estimate of drug-likeness (QED) is 0.762. The zero-order valence-corrected chi connectivity index (χ0v) is 10.5. The van der Waals surface area contributed by atoms with Crippen LogP contribution in [0.2, 0.25) is 0 Å². The molecule has 0 radical (unpaired) electrons. The topological polar surface area (TPSA) is 48.4 Å². The van der Waals surface area contributed by atoms with Gasteiger partial charge in [-0.25, -0.2) is 8.78 Å². The predicted octanol–water partition coefficient (Wildman–Crippen LogP) is 2.44. The number of alkyl halides is 2. The zero-order chi connectivity index (χ0) is 13.7. The molecule has 0 aliphatic rings. The predicted molar refractivity (Wildman–Crippen MR) is 60.8 cm³/mol. The number of methoxy groups -OCH3 is 1. The Balaban J connectivity index is 3.09. The standard InChI is InChI=1S/C12H15F2NO3/c1-4-18-11(16)6-9-8(12(13)14)5-10(17-3)7(2)15-9/h5,12H,4,6H2,1-3H3. The van der Waals surface area contributed by atoms with E-state index in [1.54, 1.807) is 13.8 Å². The Bertz CT molecular complexity index is 436. The summed E-state index contributed by atoms with van der Waals surface area (Å²) in [7, 11) is 1.38. The van der Waals surface area contributed by atoms with Crippen LogP contribution in [0.3, 0.4) is 0 Å². The van der Waals surface area contributed by atoms with Gasteiger partial charge in [-0.3, -0.25) is 9.78 Å². The van der Waals surface area contributed by atoms with Gasteiger partial charge in [0.2, 0.25) is 0 Å². The van der Waals surface area contributed by atoms with Crippen LogP contribution in [0.25, 0.3) is 0 Å². The third-order valence-electron chi connectivity index (χ3n) is 2.35. The second-order valence-electron chi connectivity index (χ2n) is 3.59. The monoisotopic (exact) mass is 259 g/mol. The maximum atomic E-state index is 12.9. The van der Waals surface area contributed by atoms with Gasteiger partial charge in [-0.05, 0) is 19.9 Å². The molecule has 1 aromatic heterocycles. The number of nitrogens with zero attached hydrogens (tertiary/aromatic N) is 1. The lowest BCUT2D eigenvalue weighted by atomic mass is 10.1. The minimum absolute atomic E-state index is 0.0294. The van der Waals surface area contributed by atoms with Gasteiger partial charge in [0, 0.05) is 5.56 Å². The van der Waals surface area contributed by atoms with E-state index in [1.165, 1.54) is 13.2 Å². The van der Waals surface area contributed by atoms with Crippen molar-refractivity contribution >= 4 is 5.97 Å². The number of hydrogen-bond donors (Lipinski definition) is 0. The fourth-order valence-electron chi connectivity index (χ4n) is 1.54. The van der Waals surface area contributed by atoms with Crippen LogP contribution in [0.1, 0.15) is 30.3 Å². The number of aromatic nitrogens is 1. The van der Waals surface area contributed by atoms with E-state index >= 15 is 0 Å². The molecule has 0 spiro atoms. The highest BCUT2D eigenvalue weighted by Gasteiger charge is 2.20. The van der Waals surface area contributed by atoms with Crippen molar-refractivity contribution in [3.8, 4) is 5.75 Å². The van der Waals surface area contributed by atoms with Gasteiger partial charge in [-0.15, -0.1) is 0 Å². The van der Waals surface area contributed by atoms with Crippen LogP contribution in [0.5, 0.6) is 5.75 Å². The summed E-state index contributed by atoms with van der Waals surface area (Å²) >= 11 is 0. The van der Waals surface area contributed by atoms with Gasteiger partial charge in [0.1, 0.15) is 5.75 Å². The normalized spacial score (nSPS) is 10.6. The Morgan fingerprint density at radius 2 is 2.17 bits per heavy atom. The fraction of sp³-hybridized carbons (Fsp3) is 0.500. The van der Waals surface area contributed by atoms with E-state index in [9.17, 15) is 13.6 Å². The van der Waals surface area contributed by atoms with Crippen LogP contribution in [0.4, 0.5) is 8.78 Å². The highest BCUT2D eigenvalue weighted by atomic mass is 19.3. The van der Waals surface area contributed by atoms with Gasteiger partial charge in [0.25, 0.3) is 6.43 Å². The maximum absolute atomic E-state index is 12.9. The lowest BCUT2D eigenvalue weighted by molar-refractivity contribution is -0.142. The first-order valence-corrected chi connectivity index (χ1v) is 5.47. The van der Waals surface area contributed by atoms with Gasteiger partial charge in [0.05, 0.1) is 31.5 Å². The largest absolute Gasteiger partial charge is 0.495 e. The molecule has 0 amide bonds. The molecule has 18 heavy (non-hydrogen) atoms. The zero-order valence-electron chi connectivity index (χ0n) is 10.5. The number of aryl methyl sites for hydroxylation is 1. The van der Waals surface area contributed by atoms with Gasteiger partial charge in [-0.1, -0.05) is 0 Å². The molecule has 0 saturated carbocycles. The fourth-order valence-corrected chi connectivity index (χ4v) is 1.54. The number of pyridine rings is 1. The van der Waals surface area contributed by atoms with Crippen LogP contribution >= 0.6 is 0 Å². The summed E-state index contributed by atoms with van der Waals surface area (Å²) in [6.07, 6.45) is -2.98. The van der Waals surface area contributed by atoms with E-state index in [1.807, 2.05) is 0 Å². The van der Waals surface area contributed by atoms with Crippen molar-refractivity contribution in [3.05, 3.63) is 23.0 Å². The summed E-state index contributed by atoms with van der Waals surface area (Å²) in [4.78, 5) is 15.3. The van der Waals surface area contributed by atoms with Gasteiger partial charge < -0.3 is 9.47 Å². The average molecular weight is 259 g/mol. The number of carbonyl (C=O) groups is 1. The molecular weight excluding hydrogens is 244 g/mol. The minimum Gasteiger partial charge on any atom is -0.495 e. The minimum atomic E-state index is -2.71. The average Bonchev–Trinajstić information content (AvgIpc) is 2.29. The number of hydrogen-bond acceptors (Lipinski definition) is 4. The van der Waals surface area contributed by atoms with Gasteiger partial charge in [0.15, 0.2) is 0 Å². The number of halogens is 2. The highest BCUT2D eigenvalue weighted by molar-refractivity contribution is 5.72. The first-order valence-electron chi connectivity index (χ1n) is 5.47. The summed E-state index contributed by atoms with van der Waals surface area (Å²) in [5, 5.41) is 0. The van der Waals surface area contributed by atoms with Crippen LogP contribution in [-0.4, -0.2) is 24.7 Å². The molecule has 0 aliphatic heterocycles. The molecule has 1 rings (SSSR count). The smallest absolute Gasteiger partial charge is 0.311 e. The molecule has 0 atom stereocenters. The third kappa shape index (κ3) is 3.38. The molecule has 0 aliphatic carbocycles. The van der Waals surface area contributed by atoms with E-state index < -0.39 is 12.4 Å². The second kappa shape index (κ2) is 6.28. The summed E-state index contributed by atoms with van der Waals surface area (Å²) in [5.41, 5.74) is 0.188. The molecule has 0 saturated heterocycles. The summed E-state index contributed by atoms with van der Waals surface area (Å²) in [6, 6.07) is 1.21. The maximum Gasteiger partial charge on any atom is 0.311 e. The van der Waals surface area contributed by atoms with Crippen molar-refractivity contribution in [2.75, 3.05) is 13.7 Å². The molecule has 0 aromatic carbocycles. The Morgan fingerprint density at radius 1 is 1.50 bits per heavy atom. The first kappa shape index (κ1) is 14.3. The molecule has 0 unspecified atom stereocenters. The molecular formula is C12H15F2NO3. The second-order valence-corrected chi connectivity index (χ2v) is 3.59. The summed E-state index contributed by atoms with van der Waals surface area (Å²) in [6.45, 7) is 3.49. The molecule has 4 nitrogen and oxygen atoms in total. The molecule has 0 bridgehead atoms. The summed E-state index contributed by atoms with van der Waals surface area (Å²) in [5.74, 6) is -0.297. The number of carbonyl (C=O) groups excluding carboxylic acids is 1. The SMILES string of the molecule is CCOC(=O)Cc1nc(C)c(OC)cc1C(F)F. The Kier molecular flexibility index (Phi) is 5.00. The van der Waals surface area contributed by atoms with Crippen molar-refractivity contribution in [2.45, 2.75) is 26.7 Å². The van der Waals surface area contributed by atoms with E-state index in [0.29, 0.717) is 5.69 Å². The van der Waals surface area contributed by atoms with Gasteiger partial charge in [-0.2, -0.15) is 0 Å². The molecule has 1 aromatic rings. The van der Waals surface area contributed by atoms with Crippen molar-refractivity contribution in [1.82, 2.24) is 4.98 Å².